The Morgan fingerprint density at radius 1 is 0.253 bits per heavy atom. The average molecular weight is 1140 g/mol. The van der Waals surface area contributed by atoms with Crippen LogP contribution in [0.5, 0.6) is 0 Å². The van der Waals surface area contributed by atoms with E-state index in [1.165, 1.54) is 51.4 Å². The van der Waals surface area contributed by atoms with E-state index in [1.54, 1.807) is 6.08 Å². The van der Waals surface area contributed by atoms with E-state index >= 15 is 0 Å². The van der Waals surface area contributed by atoms with Gasteiger partial charge in [-0.15, -0.1) is 0 Å². The second-order valence-corrected chi connectivity index (χ2v) is 20.9. The van der Waals surface area contributed by atoms with E-state index in [0.29, 0.717) is 6.42 Å². The summed E-state index contributed by atoms with van der Waals surface area (Å²) in [6.07, 6.45) is 105. The first kappa shape index (κ1) is 77.2. The number of ether oxygens (including phenoxy) is 3. The van der Waals surface area contributed by atoms with Gasteiger partial charge in [0, 0.05) is 12.8 Å². The van der Waals surface area contributed by atoms with Crippen LogP contribution in [0, 0.1) is 0 Å². The lowest BCUT2D eigenvalue weighted by atomic mass is 10.1. The molecule has 0 aromatic rings. The summed E-state index contributed by atoms with van der Waals surface area (Å²) in [5.74, 6) is -1.09. The summed E-state index contributed by atoms with van der Waals surface area (Å²) in [7, 11) is 0. The second-order valence-electron chi connectivity index (χ2n) is 20.9. The minimum absolute atomic E-state index is 0.113. The summed E-state index contributed by atoms with van der Waals surface area (Å²) in [5.41, 5.74) is 0. The van der Waals surface area contributed by atoms with Gasteiger partial charge >= 0.3 is 17.9 Å². The molecule has 6 heteroatoms. The molecule has 0 radical (unpaired) electrons. The second kappa shape index (κ2) is 68.7. The zero-order valence-electron chi connectivity index (χ0n) is 52.9. The molecular formula is C77H118O6. The fourth-order valence-electron chi connectivity index (χ4n) is 8.31. The minimum Gasteiger partial charge on any atom is -0.462 e. The van der Waals surface area contributed by atoms with Gasteiger partial charge in [0.15, 0.2) is 6.10 Å². The molecule has 0 bridgehead atoms. The lowest BCUT2D eigenvalue weighted by Crippen LogP contribution is -2.30. The molecule has 0 heterocycles. The van der Waals surface area contributed by atoms with Crippen molar-refractivity contribution >= 4 is 17.9 Å². The molecule has 0 amide bonds. The Balaban J connectivity index is 4.44. The maximum atomic E-state index is 12.9. The van der Waals surface area contributed by atoms with Crippen LogP contribution in [0.25, 0.3) is 0 Å². The van der Waals surface area contributed by atoms with E-state index < -0.39 is 12.1 Å². The molecule has 0 aliphatic rings. The molecule has 0 saturated heterocycles. The van der Waals surface area contributed by atoms with Gasteiger partial charge < -0.3 is 14.2 Å². The van der Waals surface area contributed by atoms with Crippen LogP contribution in [0.15, 0.2) is 194 Å². The van der Waals surface area contributed by atoms with Gasteiger partial charge in [-0.1, -0.05) is 286 Å². The molecule has 0 fully saturated rings. The summed E-state index contributed by atoms with van der Waals surface area (Å²) in [6, 6.07) is 0. The molecule has 0 N–H and O–H groups in total. The van der Waals surface area contributed by atoms with Crippen LogP contribution in [0.3, 0.4) is 0 Å². The molecule has 0 spiro atoms. The van der Waals surface area contributed by atoms with Crippen LogP contribution in [-0.4, -0.2) is 37.2 Å². The highest BCUT2D eigenvalue weighted by molar-refractivity contribution is 5.72. The summed E-state index contributed by atoms with van der Waals surface area (Å²) in [6.45, 7) is 6.18. The van der Waals surface area contributed by atoms with Crippen LogP contribution in [0.4, 0.5) is 0 Å². The first-order valence-electron chi connectivity index (χ1n) is 32.9. The van der Waals surface area contributed by atoms with Crippen LogP contribution >= 0.6 is 0 Å². The van der Waals surface area contributed by atoms with E-state index in [-0.39, 0.29) is 38.0 Å². The van der Waals surface area contributed by atoms with Crippen molar-refractivity contribution in [3.8, 4) is 0 Å². The summed E-state index contributed by atoms with van der Waals surface area (Å²) in [5, 5.41) is 0. The molecular weight excluding hydrogens is 1020 g/mol. The number of hydrogen-bond acceptors (Lipinski definition) is 6. The van der Waals surface area contributed by atoms with Crippen LogP contribution < -0.4 is 0 Å². The fraction of sp³-hybridized carbons (Fsp3) is 0.545. The van der Waals surface area contributed by atoms with Crippen molar-refractivity contribution in [2.24, 2.45) is 0 Å². The zero-order valence-corrected chi connectivity index (χ0v) is 52.9. The smallest absolute Gasteiger partial charge is 0.309 e. The van der Waals surface area contributed by atoms with Crippen LogP contribution in [-0.2, 0) is 28.6 Å². The number of carbonyl (C=O) groups is 3. The van der Waals surface area contributed by atoms with E-state index in [2.05, 4.69) is 203 Å². The molecule has 1 unspecified atom stereocenters. The number of esters is 3. The van der Waals surface area contributed by atoms with Gasteiger partial charge in [0.25, 0.3) is 0 Å². The monoisotopic (exact) mass is 1140 g/mol. The first-order chi connectivity index (χ1) is 41.0. The Morgan fingerprint density at radius 2 is 0.482 bits per heavy atom. The molecule has 1 atom stereocenters. The molecule has 0 aliphatic carbocycles. The average Bonchev–Trinajstić information content (AvgIpc) is 3.49. The summed E-state index contributed by atoms with van der Waals surface area (Å²) in [4.78, 5) is 38.3. The third-order valence-corrected chi connectivity index (χ3v) is 13.1. The highest BCUT2D eigenvalue weighted by atomic mass is 16.6. The standard InChI is InChI=1S/C77H118O6/c1-4-7-10-13-16-19-22-25-28-30-32-33-34-35-36-37-38-39-40-41-42-43-45-46-49-52-55-58-61-64-67-70-76(79)82-73-74(72-81-75(78)69-66-63-60-57-54-51-48-27-24-21-18-15-12-9-6-3)83-77(80)71-68-65-62-59-56-53-50-47-44-31-29-26-23-20-17-14-11-8-5-2/h7-12,16-21,25-29,32-33,35-36,38-39,41-42,44,47-48,54,57,63,66,74H,4-6,13-15,22-24,30-31,34,37,40,43,45-46,49-53,55-56,58-62,64-65,67-73H2,1-3H3/b10-7-,11-8-,12-9-,19-16-,20-17-,21-18-,28-25-,29-26-,33-32-,36-35-,39-38-,42-41-,47-44-,48-27-,57-54-,66-63-. The van der Waals surface area contributed by atoms with E-state index in [1.807, 2.05) is 6.08 Å². The van der Waals surface area contributed by atoms with E-state index in [0.717, 1.165) is 161 Å². The Bertz CT molecular complexity index is 1990. The third kappa shape index (κ3) is 66.9. The van der Waals surface area contributed by atoms with Crippen LogP contribution in [0.2, 0.25) is 0 Å². The topological polar surface area (TPSA) is 78.9 Å². The van der Waals surface area contributed by atoms with Crippen molar-refractivity contribution in [3.63, 3.8) is 0 Å². The lowest BCUT2D eigenvalue weighted by molar-refractivity contribution is -0.166. The highest BCUT2D eigenvalue weighted by Gasteiger charge is 2.19. The van der Waals surface area contributed by atoms with Crippen LogP contribution in [0.1, 0.15) is 252 Å². The van der Waals surface area contributed by atoms with E-state index in [9.17, 15) is 14.4 Å². The quantitative estimate of drug-likeness (QED) is 0.0261. The Labute approximate surface area is 509 Å². The number of carbonyl (C=O) groups excluding carboxylic acids is 3. The van der Waals surface area contributed by atoms with E-state index in [4.69, 9.17) is 14.2 Å². The van der Waals surface area contributed by atoms with Crippen molar-refractivity contribution in [1.82, 2.24) is 0 Å². The first-order valence-corrected chi connectivity index (χ1v) is 32.9. The number of rotatable bonds is 57. The SMILES string of the molecule is CC/C=C\C/C=C\C/C=C\C/C=C\C/C=C\C/C=C\C/C=C\CCCCCCCCCCCC(=O)OCC(COC(=O)C/C=C\C/C=C\C/C=C\C/C=C\C/C=C\CC)OC(=O)CCCCCCCC/C=C\C/C=C\C/C=C\C/C=C\CC. The molecule has 0 aliphatic heterocycles. The van der Waals surface area contributed by atoms with Gasteiger partial charge in [0.1, 0.15) is 13.2 Å². The molecule has 6 nitrogen and oxygen atoms in total. The highest BCUT2D eigenvalue weighted by Crippen LogP contribution is 2.14. The fourth-order valence-corrected chi connectivity index (χ4v) is 8.31. The molecule has 0 aromatic heterocycles. The Hall–Kier alpha value is -5.75. The molecule has 462 valence electrons. The van der Waals surface area contributed by atoms with Crippen molar-refractivity contribution in [2.45, 2.75) is 258 Å². The summed E-state index contributed by atoms with van der Waals surface area (Å²) >= 11 is 0. The predicted octanol–water partition coefficient (Wildman–Crippen LogP) is 23.0. The molecule has 0 saturated carbocycles. The molecule has 83 heavy (non-hydrogen) atoms. The predicted molar refractivity (Wildman–Crippen MR) is 361 cm³/mol. The van der Waals surface area contributed by atoms with Crippen molar-refractivity contribution in [2.75, 3.05) is 13.2 Å². The lowest BCUT2D eigenvalue weighted by Gasteiger charge is -2.18. The van der Waals surface area contributed by atoms with Gasteiger partial charge in [-0.05, 0) is 141 Å². The summed E-state index contributed by atoms with van der Waals surface area (Å²) < 4.78 is 16.8. The van der Waals surface area contributed by atoms with Gasteiger partial charge in [-0.25, -0.2) is 0 Å². The van der Waals surface area contributed by atoms with Gasteiger partial charge in [0.05, 0.1) is 6.42 Å². The Kier molecular flexibility index (Phi) is 64.0. The number of allylic oxidation sites excluding steroid dienone is 31. The molecule has 0 rings (SSSR count). The number of unbranched alkanes of at least 4 members (excludes halogenated alkanes) is 15. The number of hydrogen-bond donors (Lipinski definition) is 0. The van der Waals surface area contributed by atoms with Gasteiger partial charge in [-0.3, -0.25) is 14.4 Å². The third-order valence-electron chi connectivity index (χ3n) is 13.1. The van der Waals surface area contributed by atoms with Crippen molar-refractivity contribution in [1.29, 1.82) is 0 Å². The Morgan fingerprint density at radius 3 is 0.783 bits per heavy atom. The maximum Gasteiger partial charge on any atom is 0.309 e. The minimum atomic E-state index is -0.841. The largest absolute Gasteiger partial charge is 0.462 e. The zero-order chi connectivity index (χ0) is 59.9. The van der Waals surface area contributed by atoms with Gasteiger partial charge in [0.2, 0.25) is 0 Å². The van der Waals surface area contributed by atoms with Crippen molar-refractivity contribution < 1.29 is 28.6 Å². The van der Waals surface area contributed by atoms with Gasteiger partial charge in [-0.2, -0.15) is 0 Å². The molecule has 0 aromatic carbocycles. The maximum absolute atomic E-state index is 12.9. The normalized spacial score (nSPS) is 13.4. The van der Waals surface area contributed by atoms with Crippen molar-refractivity contribution in [3.05, 3.63) is 194 Å².